The zero-order chi connectivity index (χ0) is 81.0. The molecule has 0 unspecified atom stereocenters. The number of ether oxygens (including phenoxy) is 9. The van der Waals surface area contributed by atoms with Crippen molar-refractivity contribution < 1.29 is 164 Å². The second-order valence-corrected chi connectivity index (χ2v) is 28.7. The minimum Gasteiger partial charge on any atom is -0.394 e. The molecule has 0 aromatic carbocycles. The van der Waals surface area contributed by atoms with Gasteiger partial charge in [0.1, 0.15) is 146 Å². The topological polar surface area (TPSA) is 691 Å². The van der Waals surface area contributed by atoms with Gasteiger partial charge in [-0.05, 0) is 96.7 Å². The molecule has 0 aliphatic carbocycles. The van der Waals surface area contributed by atoms with Crippen molar-refractivity contribution in [3.05, 3.63) is 35.7 Å². The quantitative estimate of drug-likeness (QED) is 0.0234. The zero-order valence-corrected chi connectivity index (χ0v) is 61.4. The molecule has 3 aromatic heterocycles. The molecule has 3 amide bonds. The molecule has 0 radical (unpaired) electrons. The number of aliphatic hydroxyl groups is 21. The van der Waals surface area contributed by atoms with Gasteiger partial charge in [0.05, 0.1) is 75.3 Å². The first-order valence-electron chi connectivity index (χ1n) is 37.7. The number of aryl methyl sites for hydroxylation is 3. The number of unbranched alkanes of at least 4 members (excludes halogenated alkanes) is 3. The van der Waals surface area contributed by atoms with Crippen LogP contribution in [0.4, 0.5) is 0 Å². The van der Waals surface area contributed by atoms with E-state index in [-0.39, 0.29) is 37.0 Å². The van der Waals surface area contributed by atoms with Crippen LogP contribution in [0.2, 0.25) is 0 Å². The Kier molecular flexibility index (Phi) is 35.3. The second-order valence-electron chi connectivity index (χ2n) is 28.7. The predicted octanol–water partition coefficient (Wildman–Crippen LogP) is -12.8. The number of carbonyl (C=O) groups excluding carboxylic acids is 3. The number of hydrogen-bond donors (Lipinski definition) is 24. The smallest absolute Gasteiger partial charge is 0.219 e. The highest BCUT2D eigenvalue weighted by Gasteiger charge is 2.55. The van der Waals surface area contributed by atoms with E-state index in [1.54, 1.807) is 0 Å². The summed E-state index contributed by atoms with van der Waals surface area (Å²) in [6, 6.07) is 0. The summed E-state index contributed by atoms with van der Waals surface area (Å²) in [6.07, 6.45) is -37.3. The van der Waals surface area contributed by atoms with Crippen LogP contribution in [-0.4, -0.2) is 419 Å². The van der Waals surface area contributed by atoms with Crippen molar-refractivity contribution in [2.75, 3.05) is 78.9 Å². The van der Waals surface area contributed by atoms with Crippen LogP contribution in [0.25, 0.3) is 0 Å². The number of amides is 3. The first-order chi connectivity index (χ1) is 53.7. The number of carbonyl (C=O) groups is 3. The normalized spacial score (nSPS) is 36.6. The maximum absolute atomic E-state index is 13.0. The van der Waals surface area contributed by atoms with Gasteiger partial charge < -0.3 is 171 Å². The van der Waals surface area contributed by atoms with Crippen molar-refractivity contribution in [3.63, 3.8) is 0 Å². The van der Waals surface area contributed by atoms with Crippen LogP contribution < -0.4 is 16.0 Å². The molecule has 6 fully saturated rings. The van der Waals surface area contributed by atoms with E-state index in [9.17, 15) is 122 Å². The number of aromatic nitrogens is 9. The minimum absolute atomic E-state index is 0.184. The van der Waals surface area contributed by atoms with E-state index < -0.39 is 224 Å². The molecule has 30 atom stereocenters. The van der Waals surface area contributed by atoms with Gasteiger partial charge in [0.2, 0.25) is 17.7 Å². The summed E-state index contributed by atoms with van der Waals surface area (Å²) in [4.78, 5) is 41.2. The second kappa shape index (κ2) is 43.7. The molecule has 24 N–H and O–H groups in total. The van der Waals surface area contributed by atoms with Crippen LogP contribution in [-0.2, 0) is 76.3 Å². The number of nitrogens with zero attached hydrogens (tertiary/aromatic N) is 10. The van der Waals surface area contributed by atoms with Crippen molar-refractivity contribution in [1.29, 1.82) is 0 Å². The van der Waals surface area contributed by atoms with Crippen molar-refractivity contribution in [2.24, 2.45) is 0 Å². The number of hydrogen-bond acceptors (Lipinski definition) is 40. The van der Waals surface area contributed by atoms with Gasteiger partial charge in [-0.2, -0.15) is 0 Å². The van der Waals surface area contributed by atoms with Crippen molar-refractivity contribution in [2.45, 2.75) is 280 Å². The van der Waals surface area contributed by atoms with E-state index in [1.807, 2.05) is 0 Å². The molecule has 9 rings (SSSR count). The lowest BCUT2D eigenvalue weighted by molar-refractivity contribution is -0.347. The Morgan fingerprint density at radius 1 is 0.330 bits per heavy atom. The predicted molar refractivity (Wildman–Crippen MR) is 367 cm³/mol. The molecule has 46 nitrogen and oxygen atoms in total. The molecule has 9 heterocycles. The third kappa shape index (κ3) is 23.3. The molecule has 0 bridgehead atoms. The van der Waals surface area contributed by atoms with Crippen LogP contribution >= 0.6 is 0 Å². The molecule has 3 aromatic rings. The summed E-state index contributed by atoms with van der Waals surface area (Å²) in [5.41, 5.74) is 1.39. The SMILES string of the molecule is O=C(CCCCc1cn([C@@H]2O[C@H](CO)[C@@H](O[C@@H]3O[C@H](CO)[C@H](O)[C@H](O)[C@H]3O)[C@H](O)[C@H]2O)nn1)NCCCN(CCCNC(=O)CCCCc1cn([C@@H]2O[C@H](CO)[C@@H](O[C@@H]3O[C@H](CO)[C@H](O)[C@H](O)[C@H]3O)[C@H](O)[C@H]2O)nn1)CCCNC(=O)CCCCc1cn([C@@H]2O[C@H](CO)[C@@H](O[C@@H]3O[C@H](CO)[C@H](O)[C@H](O)[C@H]3O)[C@H](O)[C@H]2O)nn1. The Hall–Kier alpha value is -5.41. The Morgan fingerprint density at radius 2 is 0.589 bits per heavy atom. The van der Waals surface area contributed by atoms with Gasteiger partial charge in [0.25, 0.3) is 0 Å². The molecule has 46 heteroatoms. The molecule has 6 saturated heterocycles. The summed E-state index contributed by atoms with van der Waals surface area (Å²) >= 11 is 0. The Morgan fingerprint density at radius 3 is 0.839 bits per heavy atom. The van der Waals surface area contributed by atoms with E-state index in [4.69, 9.17) is 42.6 Å². The van der Waals surface area contributed by atoms with Gasteiger partial charge in [-0.15, -0.1) is 15.3 Å². The summed E-state index contributed by atoms with van der Waals surface area (Å²) in [6.45, 7) is -1.77. The van der Waals surface area contributed by atoms with E-state index >= 15 is 0 Å². The highest BCUT2D eigenvalue weighted by molar-refractivity contribution is 5.76. The Labute approximate surface area is 640 Å². The number of nitrogens with one attached hydrogen (secondary N) is 3. The minimum atomic E-state index is -1.83. The lowest BCUT2D eigenvalue weighted by Gasteiger charge is -2.45. The molecular formula is C66H111N13O33. The fourth-order valence-corrected chi connectivity index (χ4v) is 14.0. The summed E-state index contributed by atoms with van der Waals surface area (Å²) < 4.78 is 54.0. The van der Waals surface area contributed by atoms with Gasteiger partial charge in [0.15, 0.2) is 37.6 Å². The highest BCUT2D eigenvalue weighted by atomic mass is 16.7. The Bertz CT molecular complexity index is 2950. The zero-order valence-electron chi connectivity index (χ0n) is 61.4. The van der Waals surface area contributed by atoms with Crippen LogP contribution in [0, 0.1) is 0 Å². The molecule has 6 aliphatic rings. The van der Waals surface area contributed by atoms with Gasteiger partial charge in [-0.3, -0.25) is 14.4 Å². The lowest BCUT2D eigenvalue weighted by atomic mass is 9.96. The molecular weight excluding hydrogens is 1500 g/mol. The molecule has 112 heavy (non-hydrogen) atoms. The van der Waals surface area contributed by atoms with Crippen LogP contribution in [0.15, 0.2) is 18.6 Å². The monoisotopic (exact) mass is 1610 g/mol. The summed E-state index contributed by atoms with van der Waals surface area (Å²) in [7, 11) is 0. The highest BCUT2D eigenvalue weighted by Crippen LogP contribution is 2.37. The van der Waals surface area contributed by atoms with Gasteiger partial charge in [0, 0.05) is 38.9 Å². The molecule has 0 spiro atoms. The van der Waals surface area contributed by atoms with Crippen LogP contribution in [0.5, 0.6) is 0 Å². The van der Waals surface area contributed by atoms with Crippen molar-refractivity contribution in [3.8, 4) is 0 Å². The lowest BCUT2D eigenvalue weighted by Crippen LogP contribution is -2.63. The number of aliphatic hydroxyl groups excluding tert-OH is 21. The van der Waals surface area contributed by atoms with E-state index in [2.05, 4.69) is 51.8 Å². The fourth-order valence-electron chi connectivity index (χ4n) is 14.0. The number of rotatable bonds is 42. The Balaban J connectivity index is 0.687. The van der Waals surface area contributed by atoms with Gasteiger partial charge in [-0.25, -0.2) is 14.0 Å². The maximum Gasteiger partial charge on any atom is 0.219 e. The molecule has 638 valence electrons. The van der Waals surface area contributed by atoms with Crippen LogP contribution in [0.3, 0.4) is 0 Å². The van der Waals surface area contributed by atoms with Crippen molar-refractivity contribution in [1.82, 2.24) is 65.8 Å². The molecule has 6 aliphatic heterocycles. The largest absolute Gasteiger partial charge is 0.394 e. The first-order valence-corrected chi connectivity index (χ1v) is 37.7. The molecule has 0 saturated carbocycles. The maximum atomic E-state index is 13.0. The van der Waals surface area contributed by atoms with Crippen molar-refractivity contribution >= 4 is 17.7 Å². The third-order valence-corrected chi connectivity index (χ3v) is 20.6. The van der Waals surface area contributed by atoms with Gasteiger partial charge >= 0.3 is 0 Å². The third-order valence-electron chi connectivity index (χ3n) is 20.6. The first kappa shape index (κ1) is 90.5. The van der Waals surface area contributed by atoms with E-state index in [0.29, 0.717) is 133 Å². The van der Waals surface area contributed by atoms with Crippen LogP contribution in [0.1, 0.15) is 113 Å². The standard InChI is InChI=1S/C66H111N13O33/c80-25-34-43(89)46(92)55(101)64(107-34)110-58-37(28-83)104-61(52(98)49(58)95)77-22-31(70-73-77)10-1-4-13-40(86)67-16-7-19-76(20-8-17-68-41(87)14-5-2-11-32-23-78(74-71-32)62-53(99)50(96)59(38(29-84)105-62)111-65-56(102)47(93)44(90)35(26-81)108-65)21-9-18-69-42(88)15-6-3-12-33-24-79(75-72-33)63-54(100)51(97)60(39(30-85)106-63)112-66-57(103)48(94)45(91)36(27-82)109-66/h22-24,34-39,43-66,80-85,89-103H,1-21,25-30H2,(H,67,86)(H,68,87)(H,69,88)/t34-,35-,36-,37-,38-,39-,43+,44+,45+,46+,47+,48+,49-,50-,51-,52-,53-,54-,55-,56-,57-,58-,59-,60-,61-,62-,63-,64+,65+,66+/m1/s1. The van der Waals surface area contributed by atoms with E-state index in [1.165, 1.54) is 18.6 Å². The average Bonchev–Trinajstić information content (AvgIpc) is 1.43. The van der Waals surface area contributed by atoms with Gasteiger partial charge in [-0.1, -0.05) is 15.6 Å². The average molecular weight is 1610 g/mol. The fraction of sp³-hybridized carbons (Fsp3) is 0.864. The summed E-state index contributed by atoms with van der Waals surface area (Å²) in [5.74, 6) is -0.578. The summed E-state index contributed by atoms with van der Waals surface area (Å²) in [5, 5.41) is 252. The van der Waals surface area contributed by atoms with E-state index in [0.717, 1.165) is 14.0 Å².